The average molecular weight is 331 g/mol. The minimum atomic E-state index is 0.0442. The second-order valence-electron chi connectivity index (χ2n) is 6.38. The van der Waals surface area contributed by atoms with Crippen molar-refractivity contribution in [3.63, 3.8) is 0 Å². The first-order valence-corrected chi connectivity index (χ1v) is 9.09. The van der Waals surface area contributed by atoms with Crippen LogP contribution >= 0.6 is 11.3 Å². The largest absolute Gasteiger partial charge is 0.301 e. The predicted molar refractivity (Wildman–Crippen MR) is 89.8 cm³/mol. The first-order valence-electron chi connectivity index (χ1n) is 8.28. The Labute approximate surface area is 139 Å². The van der Waals surface area contributed by atoms with Crippen molar-refractivity contribution < 1.29 is 4.79 Å². The zero-order valence-electron chi connectivity index (χ0n) is 13.0. The predicted octanol–water partition coefficient (Wildman–Crippen LogP) is 2.17. The van der Waals surface area contributed by atoms with Gasteiger partial charge in [-0.15, -0.1) is 11.3 Å². The molecule has 2 aromatic rings. The maximum Gasteiger partial charge on any atom is 0.240 e. The summed E-state index contributed by atoms with van der Waals surface area (Å²) in [5.74, 6) is 0.491. The van der Waals surface area contributed by atoms with Crippen LogP contribution in [0.4, 0.5) is 5.13 Å². The number of aromatic amines is 1. The highest BCUT2D eigenvalue weighted by Crippen LogP contribution is 2.30. The number of carbonyl (C=O) groups excluding carboxylic acids is 1. The molecule has 2 N–H and O–H groups in total. The van der Waals surface area contributed by atoms with Crippen molar-refractivity contribution in [1.29, 1.82) is 0 Å². The summed E-state index contributed by atoms with van der Waals surface area (Å²) < 4.78 is 0. The Morgan fingerprint density at radius 1 is 1.43 bits per heavy atom. The number of nitrogens with zero attached hydrogens (tertiary/aromatic N) is 3. The third kappa shape index (κ3) is 3.30. The molecular weight excluding hydrogens is 310 g/mol. The van der Waals surface area contributed by atoms with Crippen molar-refractivity contribution in [2.24, 2.45) is 0 Å². The van der Waals surface area contributed by atoms with Crippen LogP contribution in [0.5, 0.6) is 0 Å². The van der Waals surface area contributed by atoms with E-state index in [-0.39, 0.29) is 5.91 Å². The summed E-state index contributed by atoms with van der Waals surface area (Å²) in [5.41, 5.74) is 2.36. The van der Waals surface area contributed by atoms with E-state index in [2.05, 4.69) is 25.4 Å². The molecule has 1 atom stereocenters. The number of aryl methyl sites for hydroxylation is 2. The molecule has 7 heteroatoms. The summed E-state index contributed by atoms with van der Waals surface area (Å²) in [7, 11) is 0. The van der Waals surface area contributed by atoms with Gasteiger partial charge in [0.1, 0.15) is 0 Å². The highest BCUT2D eigenvalue weighted by molar-refractivity contribution is 7.15. The standard InChI is InChI=1S/C16H21N5OS/c22-15(19-16-18-13-4-1-5-14(13)23-16)10-21-8-2-3-11(9-21)12-6-7-17-20-12/h6-7,11H,1-5,8-10H2,(H,17,20)(H,18,19,22)/t11-/m1/s1. The molecule has 1 amide bonds. The Morgan fingerprint density at radius 3 is 3.22 bits per heavy atom. The Bertz CT molecular complexity index is 659. The van der Waals surface area contributed by atoms with Crippen molar-refractivity contribution in [1.82, 2.24) is 20.1 Å². The van der Waals surface area contributed by atoms with Crippen molar-refractivity contribution >= 4 is 22.4 Å². The third-order valence-corrected chi connectivity index (χ3v) is 5.75. The van der Waals surface area contributed by atoms with Crippen molar-refractivity contribution in [3.8, 4) is 0 Å². The van der Waals surface area contributed by atoms with E-state index >= 15 is 0 Å². The minimum Gasteiger partial charge on any atom is -0.301 e. The Kier molecular flexibility index (Phi) is 4.13. The molecule has 0 saturated carbocycles. The topological polar surface area (TPSA) is 73.9 Å². The van der Waals surface area contributed by atoms with Gasteiger partial charge in [0.05, 0.1) is 12.2 Å². The van der Waals surface area contributed by atoms with Crippen LogP contribution in [0.1, 0.15) is 41.4 Å². The van der Waals surface area contributed by atoms with Crippen LogP contribution in [-0.2, 0) is 17.6 Å². The Balaban J connectivity index is 1.32. The molecule has 0 radical (unpaired) electrons. The molecule has 6 nitrogen and oxygen atoms in total. The van der Waals surface area contributed by atoms with E-state index in [9.17, 15) is 4.79 Å². The molecule has 23 heavy (non-hydrogen) atoms. The van der Waals surface area contributed by atoms with E-state index in [4.69, 9.17) is 0 Å². The summed E-state index contributed by atoms with van der Waals surface area (Å²) >= 11 is 1.64. The van der Waals surface area contributed by atoms with Crippen LogP contribution in [0.3, 0.4) is 0 Å². The number of fused-ring (bicyclic) bond motifs is 1. The molecule has 1 aliphatic carbocycles. The number of thiazole rings is 1. The van der Waals surface area contributed by atoms with Crippen molar-refractivity contribution in [2.75, 3.05) is 25.0 Å². The minimum absolute atomic E-state index is 0.0442. The normalized spacial score (nSPS) is 21.3. The Morgan fingerprint density at radius 2 is 2.39 bits per heavy atom. The number of nitrogens with one attached hydrogen (secondary N) is 2. The van der Waals surface area contributed by atoms with Crippen molar-refractivity contribution in [3.05, 3.63) is 28.5 Å². The quantitative estimate of drug-likeness (QED) is 0.900. The van der Waals surface area contributed by atoms with Gasteiger partial charge in [0, 0.05) is 29.2 Å². The van der Waals surface area contributed by atoms with E-state index in [1.165, 1.54) is 22.7 Å². The van der Waals surface area contributed by atoms with Gasteiger partial charge in [-0.1, -0.05) is 0 Å². The molecule has 2 aliphatic rings. The third-order valence-electron chi connectivity index (χ3n) is 4.68. The summed E-state index contributed by atoms with van der Waals surface area (Å²) in [6.07, 6.45) is 7.43. The summed E-state index contributed by atoms with van der Waals surface area (Å²) in [6, 6.07) is 2.03. The molecule has 3 heterocycles. The molecule has 2 aromatic heterocycles. The van der Waals surface area contributed by atoms with Crippen LogP contribution < -0.4 is 5.32 Å². The number of hydrogen-bond acceptors (Lipinski definition) is 5. The number of carbonyl (C=O) groups is 1. The maximum atomic E-state index is 12.3. The first-order chi connectivity index (χ1) is 11.3. The van der Waals surface area contributed by atoms with E-state index in [0.717, 1.165) is 43.9 Å². The highest BCUT2D eigenvalue weighted by atomic mass is 32.1. The van der Waals surface area contributed by atoms with E-state index < -0.39 is 0 Å². The zero-order valence-corrected chi connectivity index (χ0v) is 13.9. The van der Waals surface area contributed by atoms with E-state index in [0.29, 0.717) is 12.5 Å². The lowest BCUT2D eigenvalue weighted by Crippen LogP contribution is -2.39. The van der Waals surface area contributed by atoms with E-state index in [1.807, 2.05) is 6.07 Å². The number of anilines is 1. The molecule has 1 fully saturated rings. The highest BCUT2D eigenvalue weighted by Gasteiger charge is 2.24. The lowest BCUT2D eigenvalue weighted by molar-refractivity contribution is -0.117. The van der Waals surface area contributed by atoms with Crippen LogP contribution in [0.2, 0.25) is 0 Å². The number of likely N-dealkylation sites (tertiary alicyclic amines) is 1. The number of rotatable bonds is 4. The SMILES string of the molecule is O=C(CN1CCC[C@@H](c2ccn[nH]2)C1)Nc1nc2c(s1)CCC2. The first kappa shape index (κ1) is 14.8. The van der Waals surface area contributed by atoms with Gasteiger partial charge in [-0.3, -0.25) is 14.8 Å². The van der Waals surface area contributed by atoms with Gasteiger partial charge in [0.25, 0.3) is 0 Å². The van der Waals surface area contributed by atoms with Crippen LogP contribution in [0.15, 0.2) is 12.3 Å². The van der Waals surface area contributed by atoms with Crippen LogP contribution in [0, 0.1) is 0 Å². The van der Waals surface area contributed by atoms with Gasteiger partial charge in [0.2, 0.25) is 5.91 Å². The fraction of sp³-hybridized carbons (Fsp3) is 0.562. The molecule has 4 rings (SSSR count). The number of piperidine rings is 1. The molecule has 1 saturated heterocycles. The molecule has 1 aliphatic heterocycles. The van der Waals surface area contributed by atoms with Gasteiger partial charge in [-0.05, 0) is 44.7 Å². The molecule has 122 valence electrons. The zero-order chi connectivity index (χ0) is 15.6. The summed E-state index contributed by atoms with van der Waals surface area (Å²) in [4.78, 5) is 20.4. The lowest BCUT2D eigenvalue weighted by atomic mass is 9.95. The van der Waals surface area contributed by atoms with E-state index in [1.54, 1.807) is 17.5 Å². The number of hydrogen-bond donors (Lipinski definition) is 2. The van der Waals surface area contributed by atoms with Gasteiger partial charge in [0.15, 0.2) is 5.13 Å². The fourth-order valence-electron chi connectivity index (χ4n) is 3.55. The molecule has 0 aromatic carbocycles. The maximum absolute atomic E-state index is 12.3. The molecule has 0 unspecified atom stereocenters. The molecule has 0 bridgehead atoms. The van der Waals surface area contributed by atoms with Crippen LogP contribution in [-0.4, -0.2) is 45.6 Å². The smallest absolute Gasteiger partial charge is 0.240 e. The average Bonchev–Trinajstić information content (AvgIpc) is 3.24. The molecule has 0 spiro atoms. The van der Waals surface area contributed by atoms with Crippen LogP contribution in [0.25, 0.3) is 0 Å². The van der Waals surface area contributed by atoms with Gasteiger partial charge < -0.3 is 5.32 Å². The number of aromatic nitrogens is 3. The number of H-pyrrole nitrogens is 1. The second-order valence-corrected chi connectivity index (χ2v) is 7.46. The molecular formula is C16H21N5OS. The summed E-state index contributed by atoms with van der Waals surface area (Å²) in [6.45, 7) is 2.32. The Hall–Kier alpha value is -1.73. The monoisotopic (exact) mass is 331 g/mol. The van der Waals surface area contributed by atoms with Crippen molar-refractivity contribution in [2.45, 2.75) is 38.0 Å². The second kappa shape index (κ2) is 6.41. The van der Waals surface area contributed by atoms with Gasteiger partial charge in [-0.25, -0.2) is 4.98 Å². The lowest BCUT2D eigenvalue weighted by Gasteiger charge is -2.31. The van der Waals surface area contributed by atoms with Gasteiger partial charge >= 0.3 is 0 Å². The number of amides is 1. The summed E-state index contributed by atoms with van der Waals surface area (Å²) in [5, 5.41) is 10.8. The fourth-order valence-corrected chi connectivity index (χ4v) is 4.62. The van der Waals surface area contributed by atoms with Gasteiger partial charge in [-0.2, -0.15) is 5.10 Å².